The number of amides is 3. The number of esters is 1. The van der Waals surface area contributed by atoms with E-state index in [0.717, 1.165) is 4.90 Å². The van der Waals surface area contributed by atoms with Gasteiger partial charge in [-0.25, -0.2) is 4.79 Å². The lowest BCUT2D eigenvalue weighted by atomic mass is 10.1. The maximum absolute atomic E-state index is 12.3. The fourth-order valence-corrected chi connectivity index (χ4v) is 3.34. The Balaban J connectivity index is 1.66. The largest absolute Gasteiger partial charge is 0.452 e. The van der Waals surface area contributed by atoms with Crippen molar-refractivity contribution in [1.29, 1.82) is 5.26 Å². The van der Waals surface area contributed by atoms with E-state index in [1.54, 1.807) is 11.4 Å². The highest BCUT2D eigenvalue weighted by Gasteiger charge is 2.35. The molecule has 1 aromatic heterocycles. The molecular weight excluding hydrogens is 382 g/mol. The summed E-state index contributed by atoms with van der Waals surface area (Å²) in [7, 11) is 0. The zero-order valence-corrected chi connectivity index (χ0v) is 15.2. The molecule has 28 heavy (non-hydrogen) atoms. The van der Waals surface area contributed by atoms with Crippen LogP contribution >= 0.6 is 11.3 Å². The molecule has 0 aliphatic carbocycles. The number of carbonyl (C=O) groups is 4. The zero-order chi connectivity index (χ0) is 20.3. The average molecular weight is 395 g/mol. The van der Waals surface area contributed by atoms with Crippen molar-refractivity contribution in [3.8, 4) is 6.07 Å². The first kappa shape index (κ1) is 19.0. The molecule has 1 N–H and O–H groups in total. The van der Waals surface area contributed by atoms with Gasteiger partial charge < -0.3 is 10.1 Å². The molecule has 1 aromatic carbocycles. The molecule has 0 fully saturated rings. The lowest BCUT2D eigenvalue weighted by Crippen LogP contribution is -2.29. The van der Waals surface area contributed by atoms with Gasteiger partial charge in [0.15, 0.2) is 6.61 Å². The third kappa shape index (κ3) is 3.54. The number of rotatable bonds is 6. The smallest absolute Gasteiger partial charge is 0.338 e. The van der Waals surface area contributed by atoms with Crippen LogP contribution in [0.15, 0.2) is 42.3 Å². The van der Waals surface area contributed by atoms with Crippen LogP contribution < -0.4 is 5.32 Å². The number of benzene rings is 1. The van der Waals surface area contributed by atoms with Gasteiger partial charge in [-0.15, -0.1) is 17.9 Å². The Bertz CT molecular complexity index is 1050. The van der Waals surface area contributed by atoms with Crippen molar-refractivity contribution in [2.45, 2.75) is 0 Å². The van der Waals surface area contributed by atoms with Gasteiger partial charge in [-0.2, -0.15) is 5.26 Å². The summed E-state index contributed by atoms with van der Waals surface area (Å²) in [6, 6.07) is 7.50. The molecule has 2 heterocycles. The van der Waals surface area contributed by atoms with Crippen LogP contribution in [-0.4, -0.2) is 41.7 Å². The van der Waals surface area contributed by atoms with Crippen LogP contribution in [0.4, 0.5) is 5.00 Å². The number of carbonyl (C=O) groups excluding carboxylic acids is 4. The topological polar surface area (TPSA) is 117 Å². The summed E-state index contributed by atoms with van der Waals surface area (Å²) in [5.74, 6) is -2.39. The molecule has 140 valence electrons. The van der Waals surface area contributed by atoms with E-state index in [1.807, 2.05) is 6.07 Å². The predicted octanol–water partition coefficient (Wildman–Crippen LogP) is 2.20. The molecule has 2 aromatic rings. The van der Waals surface area contributed by atoms with Crippen molar-refractivity contribution in [2.24, 2.45) is 0 Å². The van der Waals surface area contributed by atoms with E-state index in [0.29, 0.717) is 10.6 Å². The molecule has 0 saturated heterocycles. The van der Waals surface area contributed by atoms with Gasteiger partial charge >= 0.3 is 5.97 Å². The molecule has 9 heteroatoms. The summed E-state index contributed by atoms with van der Waals surface area (Å²) in [6.45, 7) is 3.01. The average Bonchev–Trinajstić information content (AvgIpc) is 3.24. The number of hydrogen-bond acceptors (Lipinski definition) is 7. The predicted molar refractivity (Wildman–Crippen MR) is 100.0 cm³/mol. The number of nitrogens with one attached hydrogen (secondary N) is 1. The van der Waals surface area contributed by atoms with E-state index in [9.17, 15) is 19.2 Å². The molecule has 3 rings (SSSR count). The first-order valence-corrected chi connectivity index (χ1v) is 8.90. The molecule has 1 aliphatic heterocycles. The highest BCUT2D eigenvalue weighted by molar-refractivity contribution is 7.14. The van der Waals surface area contributed by atoms with Crippen molar-refractivity contribution in [3.63, 3.8) is 0 Å². The molecule has 0 atom stereocenters. The number of nitrogens with zero attached hydrogens (tertiary/aromatic N) is 2. The molecule has 0 radical (unpaired) electrons. The Morgan fingerprint density at radius 3 is 2.71 bits per heavy atom. The van der Waals surface area contributed by atoms with Crippen LogP contribution in [0.2, 0.25) is 0 Å². The third-order valence-corrected chi connectivity index (χ3v) is 4.72. The van der Waals surface area contributed by atoms with Gasteiger partial charge in [0.05, 0.1) is 22.3 Å². The molecule has 3 amide bonds. The Hall–Kier alpha value is -3.77. The minimum atomic E-state index is -0.813. The minimum absolute atomic E-state index is 0.0435. The maximum Gasteiger partial charge on any atom is 0.338 e. The van der Waals surface area contributed by atoms with Gasteiger partial charge in [-0.05, 0) is 29.6 Å². The first-order chi connectivity index (χ1) is 13.5. The summed E-state index contributed by atoms with van der Waals surface area (Å²) in [6.07, 6.45) is 1.43. The number of ether oxygens (including phenoxy) is 1. The number of fused-ring (bicyclic) bond motifs is 1. The summed E-state index contributed by atoms with van der Waals surface area (Å²) in [4.78, 5) is 49.6. The van der Waals surface area contributed by atoms with E-state index in [2.05, 4.69) is 11.9 Å². The molecular formula is C19H13N3O5S. The van der Waals surface area contributed by atoms with Gasteiger partial charge in [0.2, 0.25) is 0 Å². The van der Waals surface area contributed by atoms with E-state index >= 15 is 0 Å². The number of imide groups is 1. The second kappa shape index (κ2) is 7.85. The minimum Gasteiger partial charge on any atom is -0.452 e. The normalized spacial score (nSPS) is 12.3. The fraction of sp³-hybridized carbons (Fsp3) is 0.105. The Morgan fingerprint density at radius 2 is 2.00 bits per heavy atom. The van der Waals surface area contributed by atoms with Crippen molar-refractivity contribution < 1.29 is 23.9 Å². The van der Waals surface area contributed by atoms with Gasteiger partial charge in [0.25, 0.3) is 17.7 Å². The van der Waals surface area contributed by atoms with Gasteiger partial charge in [-0.1, -0.05) is 6.08 Å². The van der Waals surface area contributed by atoms with E-state index in [1.165, 1.54) is 35.6 Å². The zero-order valence-electron chi connectivity index (χ0n) is 14.4. The van der Waals surface area contributed by atoms with Gasteiger partial charge in [0.1, 0.15) is 11.1 Å². The van der Waals surface area contributed by atoms with Crippen LogP contribution in [0.3, 0.4) is 0 Å². The lowest BCUT2D eigenvalue weighted by molar-refractivity contribution is -0.119. The second-order valence-electron chi connectivity index (χ2n) is 5.67. The van der Waals surface area contributed by atoms with Crippen LogP contribution in [0.5, 0.6) is 0 Å². The van der Waals surface area contributed by atoms with Crippen LogP contribution in [0.25, 0.3) is 0 Å². The highest BCUT2D eigenvalue weighted by atomic mass is 32.1. The first-order valence-electron chi connectivity index (χ1n) is 8.02. The quantitative estimate of drug-likeness (QED) is 0.455. The molecule has 1 aliphatic rings. The molecule has 0 bridgehead atoms. The van der Waals surface area contributed by atoms with Crippen molar-refractivity contribution in [2.75, 3.05) is 18.5 Å². The number of hydrogen-bond donors (Lipinski definition) is 1. The second-order valence-corrected chi connectivity index (χ2v) is 6.59. The van der Waals surface area contributed by atoms with Crippen LogP contribution in [0.1, 0.15) is 36.6 Å². The Labute approximate surface area is 163 Å². The number of nitriles is 1. The van der Waals surface area contributed by atoms with Crippen LogP contribution in [-0.2, 0) is 9.53 Å². The number of thiophene rings is 1. The highest BCUT2D eigenvalue weighted by Crippen LogP contribution is 2.24. The Morgan fingerprint density at radius 1 is 1.25 bits per heavy atom. The van der Waals surface area contributed by atoms with Crippen LogP contribution in [0, 0.1) is 11.3 Å². The standard InChI is InChI=1S/C19H13N3O5S/c1-2-6-22-17(24)13-4-3-11(8-14(13)18(22)25)19(26)27-10-15(23)21-16-12(9-20)5-7-28-16/h2-5,7-8H,1,6,10H2,(H,21,23). The van der Waals surface area contributed by atoms with E-state index < -0.39 is 30.3 Å². The SMILES string of the molecule is C=CCN1C(=O)c2ccc(C(=O)OCC(=O)Nc3sccc3C#N)cc2C1=O. The van der Waals surface area contributed by atoms with Gasteiger partial charge in [-0.3, -0.25) is 19.3 Å². The molecule has 8 nitrogen and oxygen atoms in total. The lowest BCUT2D eigenvalue weighted by Gasteiger charge is -2.09. The molecule has 0 unspecified atom stereocenters. The fourth-order valence-electron chi connectivity index (χ4n) is 2.58. The summed E-state index contributed by atoms with van der Waals surface area (Å²) in [5, 5.41) is 13.4. The summed E-state index contributed by atoms with van der Waals surface area (Å²) in [5.41, 5.74) is 0.656. The summed E-state index contributed by atoms with van der Waals surface area (Å²) < 4.78 is 4.95. The Kier molecular flexibility index (Phi) is 5.33. The monoisotopic (exact) mass is 395 g/mol. The maximum atomic E-state index is 12.3. The van der Waals surface area contributed by atoms with Crippen molar-refractivity contribution in [3.05, 3.63) is 64.6 Å². The van der Waals surface area contributed by atoms with Gasteiger partial charge in [0, 0.05) is 6.54 Å². The third-order valence-electron chi connectivity index (χ3n) is 3.89. The molecule has 0 spiro atoms. The van der Waals surface area contributed by atoms with E-state index in [4.69, 9.17) is 10.00 Å². The summed E-state index contributed by atoms with van der Waals surface area (Å²) >= 11 is 1.18. The van der Waals surface area contributed by atoms with E-state index in [-0.39, 0.29) is 23.2 Å². The number of anilines is 1. The van der Waals surface area contributed by atoms with Crippen molar-refractivity contribution >= 4 is 40.0 Å². The molecule has 0 saturated carbocycles. The van der Waals surface area contributed by atoms with Crippen molar-refractivity contribution in [1.82, 2.24) is 4.90 Å².